The SMILES string of the molecule is COc1ccc(C)cc1.O=C(O)NCc1cocn1.OC1CCNC1. The summed E-state index contributed by atoms with van der Waals surface area (Å²) in [6, 6.07) is 7.96. The number of carboxylic acid groups (broad SMARTS) is 1. The molecule has 2 aromatic rings. The average Bonchev–Trinajstić information content (AvgIpc) is 3.28. The molecule has 0 aliphatic carbocycles. The van der Waals surface area contributed by atoms with Crippen LogP contribution in [0.3, 0.4) is 0 Å². The fraction of sp³-hybridized carbons (Fsp3) is 0.412. The molecule has 1 fully saturated rings. The largest absolute Gasteiger partial charge is 0.497 e. The van der Waals surface area contributed by atoms with Gasteiger partial charge in [0.05, 0.1) is 25.5 Å². The molecule has 0 bridgehead atoms. The highest BCUT2D eigenvalue weighted by atomic mass is 16.5. The van der Waals surface area contributed by atoms with Gasteiger partial charge < -0.3 is 30.0 Å². The number of benzene rings is 1. The van der Waals surface area contributed by atoms with Gasteiger partial charge in [-0.05, 0) is 32.0 Å². The number of aliphatic hydroxyl groups is 1. The zero-order valence-electron chi connectivity index (χ0n) is 14.4. The number of β-amino-alcohol motifs (C(OH)–C–C–N with tert-alkyl or cyclic N) is 1. The van der Waals surface area contributed by atoms with Gasteiger partial charge in [0, 0.05) is 6.54 Å². The maximum absolute atomic E-state index is 9.92. The van der Waals surface area contributed by atoms with Gasteiger partial charge >= 0.3 is 6.09 Å². The van der Waals surface area contributed by atoms with E-state index in [1.807, 2.05) is 24.3 Å². The normalized spacial score (nSPS) is 15.2. The minimum atomic E-state index is -1.07. The lowest BCUT2D eigenvalue weighted by Gasteiger charge is -1.97. The number of methoxy groups -OCH3 is 1. The van der Waals surface area contributed by atoms with E-state index in [9.17, 15) is 4.79 Å². The summed E-state index contributed by atoms with van der Waals surface area (Å²) in [5.74, 6) is 0.917. The van der Waals surface area contributed by atoms with Crippen molar-refractivity contribution in [1.29, 1.82) is 0 Å². The van der Waals surface area contributed by atoms with Crippen LogP contribution >= 0.6 is 0 Å². The molecule has 1 saturated heterocycles. The Morgan fingerprint density at radius 2 is 2.16 bits per heavy atom. The molecule has 1 aliphatic rings. The molecule has 25 heavy (non-hydrogen) atoms. The van der Waals surface area contributed by atoms with E-state index < -0.39 is 6.09 Å². The Labute approximate surface area is 146 Å². The van der Waals surface area contributed by atoms with Gasteiger partial charge in [0.15, 0.2) is 6.39 Å². The molecule has 2 heterocycles. The molecule has 0 spiro atoms. The molecule has 138 valence electrons. The van der Waals surface area contributed by atoms with Crippen LogP contribution in [0.5, 0.6) is 5.75 Å². The number of oxazole rings is 1. The number of nitrogens with one attached hydrogen (secondary N) is 2. The van der Waals surface area contributed by atoms with Gasteiger partial charge in [-0.1, -0.05) is 17.7 Å². The van der Waals surface area contributed by atoms with Crippen LogP contribution in [0.2, 0.25) is 0 Å². The van der Waals surface area contributed by atoms with Crippen molar-refractivity contribution in [1.82, 2.24) is 15.6 Å². The highest BCUT2D eigenvalue weighted by Crippen LogP contribution is 2.09. The monoisotopic (exact) mass is 351 g/mol. The van der Waals surface area contributed by atoms with Crippen molar-refractivity contribution in [3.8, 4) is 5.75 Å². The zero-order chi connectivity index (χ0) is 18.5. The van der Waals surface area contributed by atoms with Crippen molar-refractivity contribution in [3.05, 3.63) is 48.2 Å². The molecule has 1 unspecified atom stereocenters. The number of nitrogens with zero attached hydrogens (tertiary/aromatic N) is 1. The summed E-state index contributed by atoms with van der Waals surface area (Å²) < 4.78 is 9.57. The molecule has 1 aromatic heterocycles. The molecular weight excluding hydrogens is 326 g/mol. The Kier molecular flexibility index (Phi) is 9.72. The lowest BCUT2D eigenvalue weighted by Crippen LogP contribution is -2.19. The number of aromatic nitrogens is 1. The summed E-state index contributed by atoms with van der Waals surface area (Å²) in [5.41, 5.74) is 1.83. The van der Waals surface area contributed by atoms with Gasteiger partial charge in [0.25, 0.3) is 0 Å². The zero-order valence-corrected chi connectivity index (χ0v) is 14.4. The van der Waals surface area contributed by atoms with Gasteiger partial charge in [0.1, 0.15) is 12.0 Å². The fourth-order valence-electron chi connectivity index (χ4n) is 1.80. The standard InChI is InChI=1S/C8H10O.C5H6N2O3.C4H9NO/c1-7-3-5-8(9-2)6-4-7;8-5(9)6-1-4-2-10-3-7-4;6-4-1-2-5-3-4/h3-6H,1-2H3;2-3,6H,1H2,(H,8,9);4-6H,1-3H2. The van der Waals surface area contributed by atoms with Gasteiger partial charge in [-0.3, -0.25) is 0 Å². The summed E-state index contributed by atoms with van der Waals surface area (Å²) in [4.78, 5) is 13.6. The van der Waals surface area contributed by atoms with Gasteiger partial charge in [0.2, 0.25) is 0 Å². The van der Waals surface area contributed by atoms with Crippen molar-refractivity contribution in [3.63, 3.8) is 0 Å². The molecule has 1 amide bonds. The first kappa shape index (κ1) is 20.5. The first-order valence-electron chi connectivity index (χ1n) is 7.84. The summed E-state index contributed by atoms with van der Waals surface area (Å²) in [7, 11) is 1.67. The highest BCUT2D eigenvalue weighted by Gasteiger charge is 2.08. The second-order valence-corrected chi connectivity index (χ2v) is 5.30. The van der Waals surface area contributed by atoms with E-state index in [2.05, 4.69) is 27.0 Å². The summed E-state index contributed by atoms with van der Waals surface area (Å²) in [6.45, 7) is 4.02. The van der Waals surface area contributed by atoms with Crippen LogP contribution in [-0.4, -0.2) is 47.6 Å². The second kappa shape index (κ2) is 11.9. The third-order valence-corrected chi connectivity index (χ3v) is 3.20. The van der Waals surface area contributed by atoms with Crippen LogP contribution in [0.4, 0.5) is 4.79 Å². The van der Waals surface area contributed by atoms with Crippen molar-refractivity contribution in [2.45, 2.75) is 26.0 Å². The summed E-state index contributed by atoms with van der Waals surface area (Å²) >= 11 is 0. The van der Waals surface area contributed by atoms with E-state index in [1.54, 1.807) is 7.11 Å². The van der Waals surface area contributed by atoms with Gasteiger partial charge in [-0.2, -0.15) is 0 Å². The number of carbonyl (C=O) groups is 1. The molecule has 8 nitrogen and oxygen atoms in total. The van der Waals surface area contributed by atoms with E-state index >= 15 is 0 Å². The number of aryl methyl sites for hydroxylation is 1. The maximum Gasteiger partial charge on any atom is 0.404 e. The number of aliphatic hydroxyl groups excluding tert-OH is 1. The van der Waals surface area contributed by atoms with E-state index in [-0.39, 0.29) is 12.6 Å². The predicted molar refractivity (Wildman–Crippen MR) is 92.6 cm³/mol. The van der Waals surface area contributed by atoms with Crippen LogP contribution in [0, 0.1) is 6.92 Å². The first-order valence-corrected chi connectivity index (χ1v) is 7.84. The lowest BCUT2D eigenvalue weighted by atomic mass is 10.2. The lowest BCUT2D eigenvalue weighted by molar-refractivity contribution is 0.193. The molecule has 0 saturated carbocycles. The van der Waals surface area contributed by atoms with E-state index in [1.165, 1.54) is 18.2 Å². The van der Waals surface area contributed by atoms with Crippen LogP contribution in [0.25, 0.3) is 0 Å². The van der Waals surface area contributed by atoms with Crippen LogP contribution in [0.1, 0.15) is 17.7 Å². The van der Waals surface area contributed by atoms with E-state index in [0.29, 0.717) is 5.69 Å². The van der Waals surface area contributed by atoms with E-state index in [4.69, 9.17) is 14.9 Å². The molecule has 1 aromatic carbocycles. The number of ether oxygens (including phenoxy) is 1. The summed E-state index contributed by atoms with van der Waals surface area (Å²) in [6.07, 6.45) is 2.43. The molecule has 8 heteroatoms. The Morgan fingerprint density at radius 3 is 2.56 bits per heavy atom. The van der Waals surface area contributed by atoms with Crippen LogP contribution in [0.15, 0.2) is 41.3 Å². The van der Waals surface area contributed by atoms with Crippen molar-refractivity contribution in [2.75, 3.05) is 20.2 Å². The fourth-order valence-corrected chi connectivity index (χ4v) is 1.80. The number of amides is 1. The van der Waals surface area contributed by atoms with Crippen molar-refractivity contribution < 1.29 is 24.2 Å². The van der Waals surface area contributed by atoms with Crippen molar-refractivity contribution >= 4 is 6.09 Å². The summed E-state index contributed by atoms with van der Waals surface area (Å²) in [5, 5.41) is 22.0. The third kappa shape index (κ3) is 10.0. The molecule has 1 atom stereocenters. The Balaban J connectivity index is 0.000000193. The molecular formula is C17H25N3O5. The van der Waals surface area contributed by atoms with Gasteiger partial charge in [-0.25, -0.2) is 9.78 Å². The third-order valence-electron chi connectivity index (χ3n) is 3.20. The van der Waals surface area contributed by atoms with E-state index in [0.717, 1.165) is 25.3 Å². The molecule has 1 aliphatic heterocycles. The predicted octanol–water partition coefficient (Wildman–Crippen LogP) is 1.79. The molecule has 4 N–H and O–H groups in total. The minimum Gasteiger partial charge on any atom is -0.497 e. The molecule has 3 rings (SSSR count). The van der Waals surface area contributed by atoms with Crippen LogP contribution < -0.4 is 15.4 Å². The van der Waals surface area contributed by atoms with Gasteiger partial charge in [-0.15, -0.1) is 0 Å². The number of hydrogen-bond acceptors (Lipinski definition) is 6. The topological polar surface area (TPSA) is 117 Å². The highest BCUT2D eigenvalue weighted by molar-refractivity contribution is 5.64. The quantitative estimate of drug-likeness (QED) is 0.666. The Morgan fingerprint density at radius 1 is 1.44 bits per heavy atom. The Hall–Kier alpha value is -2.58. The smallest absolute Gasteiger partial charge is 0.404 e. The average molecular weight is 351 g/mol. The minimum absolute atomic E-state index is 0.0648. The molecule has 0 radical (unpaired) electrons. The second-order valence-electron chi connectivity index (χ2n) is 5.30. The van der Waals surface area contributed by atoms with Crippen LogP contribution in [-0.2, 0) is 6.54 Å². The van der Waals surface area contributed by atoms with Crippen molar-refractivity contribution in [2.24, 2.45) is 0 Å². The first-order chi connectivity index (χ1) is 12.0. The Bertz CT molecular complexity index is 581. The maximum atomic E-state index is 9.92. The number of hydrogen-bond donors (Lipinski definition) is 4. The number of rotatable bonds is 3.